The van der Waals surface area contributed by atoms with Gasteiger partial charge in [-0.15, -0.1) is 0 Å². The molecule has 1 amide bonds. The van der Waals surface area contributed by atoms with Gasteiger partial charge in [-0.25, -0.2) is 4.79 Å². The first-order valence-corrected chi connectivity index (χ1v) is 9.21. The van der Waals surface area contributed by atoms with E-state index in [2.05, 4.69) is 10.4 Å². The molecule has 0 aliphatic heterocycles. The molecule has 0 bridgehead atoms. The van der Waals surface area contributed by atoms with Crippen molar-refractivity contribution < 1.29 is 14.7 Å². The van der Waals surface area contributed by atoms with E-state index in [9.17, 15) is 14.7 Å². The van der Waals surface area contributed by atoms with E-state index in [1.807, 2.05) is 4.68 Å². The van der Waals surface area contributed by atoms with Crippen LogP contribution in [0, 0.1) is 0 Å². The minimum absolute atomic E-state index is 0.193. The molecule has 6 nitrogen and oxygen atoms in total. The SMILES string of the molecule is CCC(NC(=O)c1ccn(C2CCCC2)n1)(C(=O)O)c1ccc(Cl)cc1. The lowest BCUT2D eigenvalue weighted by Crippen LogP contribution is -2.51. The van der Waals surface area contributed by atoms with Gasteiger partial charge in [0.15, 0.2) is 5.54 Å². The number of amides is 1. The minimum Gasteiger partial charge on any atom is -0.479 e. The molecule has 0 spiro atoms. The number of hydrogen-bond acceptors (Lipinski definition) is 3. The summed E-state index contributed by atoms with van der Waals surface area (Å²) < 4.78 is 1.82. The van der Waals surface area contributed by atoms with Crippen molar-refractivity contribution in [3.8, 4) is 0 Å². The standard InChI is InChI=1S/C19H22ClN3O3/c1-2-19(18(25)26,13-7-9-14(20)10-8-13)21-17(24)16-11-12-23(22-16)15-5-3-4-6-15/h7-12,15H,2-6H2,1H3,(H,21,24)(H,25,26). The second-order valence-corrected chi connectivity index (χ2v) is 7.08. The molecule has 1 fully saturated rings. The van der Waals surface area contributed by atoms with E-state index in [4.69, 9.17) is 11.6 Å². The molecular formula is C19H22ClN3O3. The van der Waals surface area contributed by atoms with Gasteiger partial charge in [0.2, 0.25) is 0 Å². The van der Waals surface area contributed by atoms with Crippen LogP contribution in [-0.2, 0) is 10.3 Å². The lowest BCUT2D eigenvalue weighted by atomic mass is 9.87. The Bertz CT molecular complexity index is 797. The Morgan fingerprint density at radius 3 is 2.50 bits per heavy atom. The summed E-state index contributed by atoms with van der Waals surface area (Å²) in [5.74, 6) is -1.62. The molecule has 0 saturated heterocycles. The van der Waals surface area contributed by atoms with Crippen molar-refractivity contribution in [3.63, 3.8) is 0 Å². The van der Waals surface area contributed by atoms with Crippen molar-refractivity contribution in [2.45, 2.75) is 50.6 Å². The van der Waals surface area contributed by atoms with Gasteiger partial charge in [-0.1, -0.05) is 43.5 Å². The number of hydrogen-bond donors (Lipinski definition) is 2. The Kier molecular flexibility index (Phi) is 5.32. The lowest BCUT2D eigenvalue weighted by molar-refractivity contribution is -0.145. The molecule has 0 radical (unpaired) electrons. The molecule has 1 heterocycles. The van der Waals surface area contributed by atoms with Crippen LogP contribution in [0.25, 0.3) is 0 Å². The van der Waals surface area contributed by atoms with Crippen molar-refractivity contribution in [1.82, 2.24) is 15.1 Å². The average Bonchev–Trinajstić information content (AvgIpc) is 3.31. The fraction of sp³-hybridized carbons (Fsp3) is 0.421. The van der Waals surface area contributed by atoms with Gasteiger partial charge >= 0.3 is 5.97 Å². The number of carbonyl (C=O) groups is 2. The average molecular weight is 376 g/mol. The van der Waals surface area contributed by atoms with Crippen LogP contribution in [-0.4, -0.2) is 26.8 Å². The van der Waals surface area contributed by atoms with Gasteiger partial charge in [0.05, 0.1) is 6.04 Å². The van der Waals surface area contributed by atoms with Crippen molar-refractivity contribution in [1.29, 1.82) is 0 Å². The van der Waals surface area contributed by atoms with E-state index in [1.165, 1.54) is 12.8 Å². The van der Waals surface area contributed by atoms with E-state index >= 15 is 0 Å². The van der Waals surface area contributed by atoms with Crippen LogP contribution in [0.15, 0.2) is 36.5 Å². The van der Waals surface area contributed by atoms with Gasteiger partial charge in [0, 0.05) is 11.2 Å². The maximum absolute atomic E-state index is 12.7. The summed E-state index contributed by atoms with van der Waals surface area (Å²) in [5, 5.41) is 17.4. The number of halogens is 1. The van der Waals surface area contributed by atoms with E-state index in [-0.39, 0.29) is 12.1 Å². The normalized spacial score (nSPS) is 17.0. The fourth-order valence-corrected chi connectivity index (χ4v) is 3.64. The number of aliphatic carboxylic acids is 1. The summed E-state index contributed by atoms with van der Waals surface area (Å²) >= 11 is 5.90. The van der Waals surface area contributed by atoms with Crippen LogP contribution in [0.4, 0.5) is 0 Å². The van der Waals surface area contributed by atoms with Crippen LogP contribution in [0.3, 0.4) is 0 Å². The van der Waals surface area contributed by atoms with Crippen molar-refractivity contribution in [2.24, 2.45) is 0 Å². The monoisotopic (exact) mass is 375 g/mol. The molecule has 1 atom stereocenters. The number of carbonyl (C=O) groups excluding carboxylic acids is 1. The summed E-state index contributed by atoms with van der Waals surface area (Å²) in [5.41, 5.74) is -0.830. The van der Waals surface area contributed by atoms with Crippen LogP contribution >= 0.6 is 11.6 Å². The first-order valence-electron chi connectivity index (χ1n) is 8.83. The highest BCUT2D eigenvalue weighted by molar-refractivity contribution is 6.30. The van der Waals surface area contributed by atoms with Gasteiger partial charge in [-0.2, -0.15) is 5.10 Å². The van der Waals surface area contributed by atoms with Crippen LogP contribution in [0.5, 0.6) is 0 Å². The van der Waals surface area contributed by atoms with Crippen LogP contribution in [0.1, 0.15) is 61.1 Å². The molecular weight excluding hydrogens is 354 g/mol. The summed E-state index contributed by atoms with van der Waals surface area (Å²) in [6.07, 6.45) is 6.44. The third-order valence-electron chi connectivity index (χ3n) is 5.10. The molecule has 1 saturated carbocycles. The number of rotatable bonds is 6. The zero-order valence-corrected chi connectivity index (χ0v) is 15.4. The van der Waals surface area contributed by atoms with Crippen LogP contribution in [0.2, 0.25) is 5.02 Å². The maximum Gasteiger partial charge on any atom is 0.334 e. The molecule has 7 heteroatoms. The Morgan fingerprint density at radius 2 is 1.92 bits per heavy atom. The first-order chi connectivity index (χ1) is 12.5. The van der Waals surface area contributed by atoms with E-state index < -0.39 is 17.4 Å². The zero-order valence-electron chi connectivity index (χ0n) is 14.6. The maximum atomic E-state index is 12.7. The number of nitrogens with one attached hydrogen (secondary N) is 1. The third kappa shape index (κ3) is 3.46. The minimum atomic E-state index is -1.53. The summed E-state index contributed by atoms with van der Waals surface area (Å²) in [7, 11) is 0. The Hall–Kier alpha value is -2.34. The molecule has 1 aromatic carbocycles. The highest BCUT2D eigenvalue weighted by atomic mass is 35.5. The van der Waals surface area contributed by atoms with Crippen molar-refractivity contribution in [3.05, 3.63) is 52.8 Å². The number of nitrogens with zero attached hydrogens (tertiary/aromatic N) is 2. The molecule has 1 unspecified atom stereocenters. The number of aromatic nitrogens is 2. The number of carboxylic acids is 1. The molecule has 1 aliphatic rings. The van der Waals surface area contributed by atoms with Gasteiger partial charge in [-0.3, -0.25) is 9.48 Å². The molecule has 1 aliphatic carbocycles. The van der Waals surface area contributed by atoms with E-state index in [0.717, 1.165) is 12.8 Å². The van der Waals surface area contributed by atoms with Gasteiger partial charge in [-0.05, 0) is 43.0 Å². The largest absolute Gasteiger partial charge is 0.479 e. The molecule has 3 rings (SSSR count). The van der Waals surface area contributed by atoms with Gasteiger partial charge < -0.3 is 10.4 Å². The molecule has 2 N–H and O–H groups in total. The summed E-state index contributed by atoms with van der Waals surface area (Å²) in [6.45, 7) is 1.72. The molecule has 2 aromatic rings. The number of benzene rings is 1. The van der Waals surface area contributed by atoms with Crippen molar-refractivity contribution >= 4 is 23.5 Å². The predicted molar refractivity (Wildman–Crippen MR) is 98.3 cm³/mol. The van der Waals surface area contributed by atoms with Gasteiger partial charge in [0.25, 0.3) is 5.91 Å². The highest BCUT2D eigenvalue weighted by Gasteiger charge is 2.41. The fourth-order valence-electron chi connectivity index (χ4n) is 3.52. The summed E-state index contributed by atoms with van der Waals surface area (Å²) in [4.78, 5) is 24.8. The lowest BCUT2D eigenvalue weighted by Gasteiger charge is -2.29. The zero-order chi connectivity index (χ0) is 18.7. The Morgan fingerprint density at radius 1 is 1.27 bits per heavy atom. The topological polar surface area (TPSA) is 84.2 Å². The van der Waals surface area contributed by atoms with E-state index in [1.54, 1.807) is 43.5 Å². The number of carboxylic acid groups (broad SMARTS) is 1. The molecule has 1 aromatic heterocycles. The predicted octanol–water partition coefficient (Wildman–Crippen LogP) is 3.77. The highest BCUT2D eigenvalue weighted by Crippen LogP contribution is 2.30. The molecule has 26 heavy (non-hydrogen) atoms. The van der Waals surface area contributed by atoms with Crippen LogP contribution < -0.4 is 5.32 Å². The van der Waals surface area contributed by atoms with Crippen molar-refractivity contribution in [2.75, 3.05) is 0 Å². The molecule has 138 valence electrons. The third-order valence-corrected chi connectivity index (χ3v) is 5.35. The quantitative estimate of drug-likeness (QED) is 0.804. The summed E-state index contributed by atoms with van der Waals surface area (Å²) in [6, 6.07) is 8.44. The van der Waals surface area contributed by atoms with Gasteiger partial charge in [0.1, 0.15) is 5.69 Å². The second kappa shape index (κ2) is 7.50. The first kappa shape index (κ1) is 18.5. The smallest absolute Gasteiger partial charge is 0.334 e. The Labute approximate surface area is 157 Å². The van der Waals surface area contributed by atoms with E-state index in [0.29, 0.717) is 16.6 Å². The second-order valence-electron chi connectivity index (χ2n) is 6.64. The Balaban J connectivity index is 1.85.